The average Bonchev–Trinajstić information content (AvgIpc) is 3.21. The molecule has 0 saturated carbocycles. The van der Waals surface area contributed by atoms with E-state index in [4.69, 9.17) is 19.9 Å². The molecule has 9 nitrogen and oxygen atoms in total. The molecule has 156 valence electrons. The van der Waals surface area contributed by atoms with Gasteiger partial charge in [0, 0.05) is 30.3 Å². The maximum absolute atomic E-state index is 13.6. The Morgan fingerprint density at radius 3 is 2.76 bits per heavy atom. The van der Waals surface area contributed by atoms with Gasteiger partial charge in [-0.05, 0) is 13.0 Å². The third kappa shape index (κ3) is 4.35. The largest absolute Gasteiger partial charge is 0.457 e. The summed E-state index contributed by atoms with van der Waals surface area (Å²) in [7, 11) is 0. The number of alkyl halides is 2. The third-order valence-corrected chi connectivity index (χ3v) is 4.82. The molecule has 4 rings (SSSR count). The average molecular weight is 408 g/mol. The van der Waals surface area contributed by atoms with Crippen LogP contribution < -0.4 is 15.4 Å². The van der Waals surface area contributed by atoms with Crippen molar-refractivity contribution in [3.63, 3.8) is 0 Å². The van der Waals surface area contributed by atoms with Crippen LogP contribution in [0.1, 0.15) is 25.3 Å². The molecule has 0 spiro atoms. The van der Waals surface area contributed by atoms with Crippen molar-refractivity contribution in [1.29, 1.82) is 0 Å². The number of morpholine rings is 1. The maximum atomic E-state index is 13.6. The van der Waals surface area contributed by atoms with Gasteiger partial charge in [0.15, 0.2) is 5.82 Å². The Bertz CT molecular complexity index is 865. The number of rotatable bonds is 5. The highest BCUT2D eigenvalue weighted by Gasteiger charge is 2.26. The lowest BCUT2D eigenvalue weighted by atomic mass is 10.1. The fourth-order valence-corrected chi connectivity index (χ4v) is 3.28. The third-order valence-electron chi connectivity index (χ3n) is 4.82. The number of aromatic nitrogens is 4. The molecule has 0 unspecified atom stereocenters. The molecule has 0 aliphatic carbocycles. The zero-order valence-corrected chi connectivity index (χ0v) is 15.9. The van der Waals surface area contributed by atoms with Gasteiger partial charge in [-0.2, -0.15) is 15.0 Å². The van der Waals surface area contributed by atoms with Crippen LogP contribution >= 0.6 is 0 Å². The Morgan fingerprint density at radius 2 is 2.03 bits per heavy atom. The van der Waals surface area contributed by atoms with Crippen molar-refractivity contribution in [3.05, 3.63) is 17.8 Å². The van der Waals surface area contributed by atoms with Crippen LogP contribution in [-0.2, 0) is 9.47 Å². The predicted molar refractivity (Wildman–Crippen MR) is 99.9 cm³/mol. The molecule has 2 fully saturated rings. The molecule has 2 aromatic heterocycles. The maximum Gasteiger partial charge on any atom is 0.322 e. The highest BCUT2D eigenvalue weighted by molar-refractivity contribution is 5.63. The van der Waals surface area contributed by atoms with E-state index in [9.17, 15) is 8.78 Å². The van der Waals surface area contributed by atoms with Gasteiger partial charge in [-0.1, -0.05) is 0 Å². The fraction of sp³-hybridized carbons (Fsp3) is 0.556. The molecule has 2 aliphatic heterocycles. The topological polar surface area (TPSA) is 109 Å². The van der Waals surface area contributed by atoms with Crippen molar-refractivity contribution < 1.29 is 23.0 Å². The summed E-state index contributed by atoms with van der Waals surface area (Å²) in [5.74, 6) is 0.405. The molecule has 0 bridgehead atoms. The van der Waals surface area contributed by atoms with E-state index in [0.717, 1.165) is 6.07 Å². The number of pyridine rings is 1. The fourth-order valence-electron chi connectivity index (χ4n) is 3.28. The van der Waals surface area contributed by atoms with E-state index in [1.54, 1.807) is 0 Å². The van der Waals surface area contributed by atoms with Gasteiger partial charge in [0.2, 0.25) is 5.95 Å². The highest BCUT2D eigenvalue weighted by Crippen LogP contribution is 2.32. The van der Waals surface area contributed by atoms with Crippen LogP contribution in [0.3, 0.4) is 0 Å². The van der Waals surface area contributed by atoms with Gasteiger partial charge < -0.3 is 24.8 Å². The molecule has 2 aromatic rings. The quantitative estimate of drug-likeness (QED) is 0.793. The number of hydrogen-bond donors (Lipinski definition) is 1. The molecular formula is C18H22F2N6O3. The summed E-state index contributed by atoms with van der Waals surface area (Å²) >= 11 is 0. The Hall–Kier alpha value is -2.66. The van der Waals surface area contributed by atoms with Crippen LogP contribution in [0.25, 0.3) is 11.4 Å². The van der Waals surface area contributed by atoms with E-state index in [-0.39, 0.29) is 40.9 Å². The van der Waals surface area contributed by atoms with Gasteiger partial charge in [0.05, 0.1) is 32.5 Å². The Labute approximate surface area is 166 Å². The lowest BCUT2D eigenvalue weighted by Gasteiger charge is -2.33. The predicted octanol–water partition coefficient (Wildman–Crippen LogP) is 1.85. The number of nitrogen functional groups attached to an aromatic ring is 1. The van der Waals surface area contributed by atoms with Crippen LogP contribution in [0, 0.1) is 0 Å². The summed E-state index contributed by atoms with van der Waals surface area (Å²) in [5.41, 5.74) is 5.39. The second kappa shape index (κ2) is 8.37. The van der Waals surface area contributed by atoms with Crippen molar-refractivity contribution in [2.45, 2.75) is 31.9 Å². The van der Waals surface area contributed by atoms with Gasteiger partial charge in [0.1, 0.15) is 11.9 Å². The van der Waals surface area contributed by atoms with Crippen molar-refractivity contribution in [1.82, 2.24) is 19.9 Å². The first kappa shape index (κ1) is 19.6. The lowest BCUT2D eigenvalue weighted by molar-refractivity contribution is 0.0977. The van der Waals surface area contributed by atoms with E-state index in [2.05, 4.69) is 19.9 Å². The number of ether oxygens (including phenoxy) is 3. The second-order valence-electron chi connectivity index (χ2n) is 6.96. The Balaban J connectivity index is 1.77. The smallest absolute Gasteiger partial charge is 0.322 e. The number of anilines is 2. The van der Waals surface area contributed by atoms with E-state index >= 15 is 0 Å². The number of nitrogens with zero attached hydrogens (tertiary/aromatic N) is 5. The normalized spacial score (nSPS) is 22.3. The van der Waals surface area contributed by atoms with Crippen molar-refractivity contribution in [2.24, 2.45) is 0 Å². The van der Waals surface area contributed by atoms with Crippen LogP contribution in [0.15, 0.2) is 12.3 Å². The molecule has 0 aromatic carbocycles. The van der Waals surface area contributed by atoms with E-state index < -0.39 is 6.43 Å². The van der Waals surface area contributed by atoms with Crippen LogP contribution in [0.4, 0.5) is 20.5 Å². The summed E-state index contributed by atoms with van der Waals surface area (Å²) in [6, 6.07) is 1.21. The first-order valence-corrected chi connectivity index (χ1v) is 9.40. The molecule has 29 heavy (non-hydrogen) atoms. The monoisotopic (exact) mass is 408 g/mol. The van der Waals surface area contributed by atoms with Gasteiger partial charge in [-0.15, -0.1) is 0 Å². The van der Waals surface area contributed by atoms with E-state index in [1.807, 2.05) is 11.8 Å². The molecule has 2 N–H and O–H groups in total. The van der Waals surface area contributed by atoms with Gasteiger partial charge in [-0.25, -0.2) is 13.8 Å². The van der Waals surface area contributed by atoms with Gasteiger partial charge in [0.25, 0.3) is 6.43 Å². The second-order valence-corrected chi connectivity index (χ2v) is 6.96. The molecule has 2 aliphatic rings. The standard InChI is InChI=1S/C18H22F2N6O3/c1-10-8-28-5-3-26(10)17-23-16(13-7-22-14(21)6-12(13)15(19)20)24-18(25-17)29-11-2-4-27-9-11/h6-7,10-11,15H,2-5,8-9H2,1H3,(H2,21,22)/t10-,11-/m1/s1. The molecule has 4 heterocycles. The minimum absolute atomic E-state index is 0.000269. The summed E-state index contributed by atoms with van der Waals surface area (Å²) < 4.78 is 43.9. The van der Waals surface area contributed by atoms with Gasteiger partial charge in [-0.3, -0.25) is 0 Å². The highest BCUT2D eigenvalue weighted by atomic mass is 19.3. The molecule has 11 heteroatoms. The zero-order chi connectivity index (χ0) is 20.4. The van der Waals surface area contributed by atoms with Crippen molar-refractivity contribution >= 4 is 11.8 Å². The Kier molecular flexibility index (Phi) is 5.67. The SMILES string of the molecule is C[C@@H]1COCCN1c1nc(O[C@@H]2CCOC2)nc(-c2cnc(N)cc2C(F)F)n1. The summed E-state index contributed by atoms with van der Waals surface area (Å²) in [5, 5.41) is 0. The summed E-state index contributed by atoms with van der Waals surface area (Å²) in [4.78, 5) is 19.0. The van der Waals surface area contributed by atoms with Crippen LogP contribution in [0.2, 0.25) is 0 Å². The molecule has 0 radical (unpaired) electrons. The van der Waals surface area contributed by atoms with Crippen molar-refractivity contribution in [2.75, 3.05) is 43.6 Å². The molecule has 2 atom stereocenters. The number of halogens is 2. The lowest BCUT2D eigenvalue weighted by Crippen LogP contribution is -2.44. The van der Waals surface area contributed by atoms with Crippen LogP contribution in [-0.4, -0.2) is 65.1 Å². The summed E-state index contributed by atoms with van der Waals surface area (Å²) in [6.07, 6.45) is -0.998. The summed E-state index contributed by atoms with van der Waals surface area (Å²) in [6.45, 7) is 4.59. The minimum Gasteiger partial charge on any atom is -0.457 e. The number of hydrogen-bond acceptors (Lipinski definition) is 9. The van der Waals surface area contributed by atoms with Gasteiger partial charge >= 0.3 is 6.01 Å². The Morgan fingerprint density at radius 1 is 1.21 bits per heavy atom. The molecular weight excluding hydrogens is 386 g/mol. The first-order valence-electron chi connectivity index (χ1n) is 9.40. The zero-order valence-electron chi connectivity index (χ0n) is 15.9. The van der Waals surface area contributed by atoms with Crippen molar-refractivity contribution in [3.8, 4) is 17.4 Å². The van der Waals surface area contributed by atoms with Crippen LogP contribution in [0.5, 0.6) is 6.01 Å². The van der Waals surface area contributed by atoms with E-state index in [1.165, 1.54) is 6.20 Å². The van der Waals surface area contributed by atoms with E-state index in [0.29, 0.717) is 45.3 Å². The molecule has 2 saturated heterocycles. The first-order chi connectivity index (χ1) is 14.0. The minimum atomic E-state index is -2.76. The molecule has 0 amide bonds. The number of nitrogens with two attached hydrogens (primary N) is 1.